The van der Waals surface area contributed by atoms with Crippen molar-refractivity contribution in [1.29, 1.82) is 0 Å². The van der Waals surface area contributed by atoms with Gasteiger partial charge in [0.15, 0.2) is 0 Å². The van der Waals surface area contributed by atoms with Crippen LogP contribution in [0.25, 0.3) is 0 Å². The van der Waals surface area contributed by atoms with Crippen LogP contribution in [0.2, 0.25) is 0 Å². The molecule has 0 radical (unpaired) electrons. The molecule has 3 unspecified atom stereocenters. The standard InChI is InChI=1S/C14H24N2O3/c1-3-14(12(17)18)7-8-16(9-14)13(19)15-11-6-4-5-10(11)2/h10-11H,3-9H2,1-2H3,(H,15,19)(H,17,18). The molecular weight excluding hydrogens is 244 g/mol. The molecule has 0 aromatic carbocycles. The molecule has 108 valence electrons. The molecule has 0 spiro atoms. The Balaban J connectivity index is 1.93. The number of nitrogens with one attached hydrogen (secondary N) is 1. The number of hydrogen-bond donors (Lipinski definition) is 2. The molecule has 2 amide bonds. The maximum Gasteiger partial charge on any atom is 0.317 e. The summed E-state index contributed by atoms with van der Waals surface area (Å²) < 4.78 is 0. The number of aliphatic carboxylic acids is 1. The van der Waals surface area contributed by atoms with Gasteiger partial charge in [-0.25, -0.2) is 4.79 Å². The molecule has 1 aliphatic heterocycles. The quantitative estimate of drug-likeness (QED) is 0.823. The van der Waals surface area contributed by atoms with Gasteiger partial charge in [-0.2, -0.15) is 0 Å². The molecule has 0 aromatic heterocycles. The van der Waals surface area contributed by atoms with Gasteiger partial charge in [0.1, 0.15) is 0 Å². The van der Waals surface area contributed by atoms with E-state index in [-0.39, 0.29) is 12.1 Å². The lowest BCUT2D eigenvalue weighted by Gasteiger charge is -2.25. The van der Waals surface area contributed by atoms with E-state index in [0.717, 1.165) is 6.42 Å². The van der Waals surface area contributed by atoms with E-state index in [2.05, 4.69) is 12.2 Å². The summed E-state index contributed by atoms with van der Waals surface area (Å²) in [6.07, 6.45) is 4.51. The number of likely N-dealkylation sites (tertiary alicyclic amines) is 1. The summed E-state index contributed by atoms with van der Waals surface area (Å²) >= 11 is 0. The second-order valence-corrected chi connectivity index (χ2v) is 6.07. The molecule has 2 rings (SSSR count). The number of hydrogen-bond acceptors (Lipinski definition) is 2. The molecule has 0 aromatic rings. The first-order chi connectivity index (χ1) is 8.98. The highest BCUT2D eigenvalue weighted by Crippen LogP contribution is 2.34. The summed E-state index contributed by atoms with van der Waals surface area (Å²) in [6.45, 7) is 4.93. The number of nitrogens with zero attached hydrogens (tertiary/aromatic N) is 1. The van der Waals surface area contributed by atoms with Gasteiger partial charge in [-0.05, 0) is 31.6 Å². The van der Waals surface area contributed by atoms with Crippen molar-refractivity contribution in [2.45, 2.75) is 52.0 Å². The summed E-state index contributed by atoms with van der Waals surface area (Å²) in [5.41, 5.74) is -0.737. The third-order valence-electron chi connectivity index (χ3n) is 4.94. The van der Waals surface area contributed by atoms with E-state index in [1.807, 2.05) is 6.92 Å². The molecule has 3 atom stereocenters. The van der Waals surface area contributed by atoms with Crippen LogP contribution < -0.4 is 5.32 Å². The first kappa shape index (κ1) is 14.2. The molecule has 1 aliphatic carbocycles. The van der Waals surface area contributed by atoms with Crippen LogP contribution in [0.1, 0.15) is 46.0 Å². The first-order valence-corrected chi connectivity index (χ1v) is 7.27. The highest BCUT2D eigenvalue weighted by atomic mass is 16.4. The average Bonchev–Trinajstić information content (AvgIpc) is 2.97. The molecule has 5 nitrogen and oxygen atoms in total. The Bertz CT molecular complexity index is 372. The van der Waals surface area contributed by atoms with Gasteiger partial charge in [0.05, 0.1) is 5.41 Å². The molecule has 0 bridgehead atoms. The number of carbonyl (C=O) groups excluding carboxylic acids is 1. The van der Waals surface area contributed by atoms with Crippen LogP contribution >= 0.6 is 0 Å². The van der Waals surface area contributed by atoms with E-state index in [1.54, 1.807) is 4.90 Å². The van der Waals surface area contributed by atoms with Gasteiger partial charge >= 0.3 is 12.0 Å². The highest BCUT2D eigenvalue weighted by molar-refractivity contribution is 5.79. The smallest absolute Gasteiger partial charge is 0.317 e. The van der Waals surface area contributed by atoms with E-state index >= 15 is 0 Å². The number of urea groups is 1. The van der Waals surface area contributed by atoms with Crippen LogP contribution in [0.3, 0.4) is 0 Å². The molecule has 1 heterocycles. The number of amides is 2. The normalized spacial score (nSPS) is 34.5. The Hall–Kier alpha value is -1.26. The number of carboxylic acids is 1. The molecule has 1 saturated heterocycles. The van der Waals surface area contributed by atoms with Crippen molar-refractivity contribution >= 4 is 12.0 Å². The van der Waals surface area contributed by atoms with Crippen molar-refractivity contribution in [2.24, 2.45) is 11.3 Å². The number of carbonyl (C=O) groups is 2. The molecule has 1 saturated carbocycles. The van der Waals surface area contributed by atoms with Crippen LogP contribution in [-0.4, -0.2) is 41.1 Å². The monoisotopic (exact) mass is 268 g/mol. The zero-order valence-corrected chi connectivity index (χ0v) is 11.8. The van der Waals surface area contributed by atoms with Crippen LogP contribution in [-0.2, 0) is 4.79 Å². The fraction of sp³-hybridized carbons (Fsp3) is 0.857. The third-order valence-corrected chi connectivity index (χ3v) is 4.94. The molecular formula is C14H24N2O3. The van der Waals surface area contributed by atoms with Gasteiger partial charge in [0.2, 0.25) is 0 Å². The van der Waals surface area contributed by atoms with Crippen LogP contribution in [0.5, 0.6) is 0 Å². The molecule has 2 N–H and O–H groups in total. The second-order valence-electron chi connectivity index (χ2n) is 6.07. The Kier molecular flexibility index (Phi) is 4.02. The fourth-order valence-electron chi connectivity index (χ4n) is 3.27. The van der Waals surface area contributed by atoms with Gasteiger partial charge in [0, 0.05) is 19.1 Å². The SMILES string of the molecule is CCC1(C(=O)O)CCN(C(=O)NC2CCCC2C)C1. The van der Waals surface area contributed by atoms with E-state index in [1.165, 1.54) is 12.8 Å². The van der Waals surface area contributed by atoms with E-state index in [0.29, 0.717) is 31.8 Å². The van der Waals surface area contributed by atoms with E-state index in [4.69, 9.17) is 0 Å². The van der Waals surface area contributed by atoms with Gasteiger partial charge < -0.3 is 15.3 Å². The second kappa shape index (κ2) is 5.39. The predicted octanol–water partition coefficient (Wildman–Crippen LogP) is 2.07. The van der Waals surface area contributed by atoms with Crippen molar-refractivity contribution in [1.82, 2.24) is 10.2 Å². The van der Waals surface area contributed by atoms with Crippen molar-refractivity contribution in [3.63, 3.8) is 0 Å². The molecule has 2 fully saturated rings. The molecule has 5 heteroatoms. The number of carboxylic acid groups (broad SMARTS) is 1. The summed E-state index contributed by atoms with van der Waals surface area (Å²) in [7, 11) is 0. The van der Waals surface area contributed by atoms with Crippen LogP contribution in [0, 0.1) is 11.3 Å². The Morgan fingerprint density at radius 2 is 2.16 bits per heavy atom. The van der Waals surface area contributed by atoms with Gasteiger partial charge in [-0.15, -0.1) is 0 Å². The maximum atomic E-state index is 12.2. The lowest BCUT2D eigenvalue weighted by Crippen LogP contribution is -2.46. The largest absolute Gasteiger partial charge is 0.481 e. The lowest BCUT2D eigenvalue weighted by atomic mass is 9.84. The van der Waals surface area contributed by atoms with Gasteiger partial charge in [-0.1, -0.05) is 20.3 Å². The molecule has 19 heavy (non-hydrogen) atoms. The van der Waals surface area contributed by atoms with E-state index in [9.17, 15) is 14.7 Å². The number of rotatable bonds is 3. The van der Waals surface area contributed by atoms with Crippen molar-refractivity contribution in [2.75, 3.05) is 13.1 Å². The summed E-state index contributed by atoms with van der Waals surface area (Å²) in [5, 5.41) is 12.4. The van der Waals surface area contributed by atoms with Crippen LogP contribution in [0.4, 0.5) is 4.79 Å². The minimum absolute atomic E-state index is 0.0877. The maximum absolute atomic E-state index is 12.2. The lowest BCUT2D eigenvalue weighted by molar-refractivity contribution is -0.148. The van der Waals surface area contributed by atoms with Crippen molar-refractivity contribution in [3.05, 3.63) is 0 Å². The summed E-state index contributed by atoms with van der Waals surface area (Å²) in [6, 6.07) is 0.171. The fourth-order valence-corrected chi connectivity index (χ4v) is 3.27. The Morgan fingerprint density at radius 3 is 2.63 bits per heavy atom. The average molecular weight is 268 g/mol. The topological polar surface area (TPSA) is 69.6 Å². The van der Waals surface area contributed by atoms with Crippen molar-refractivity contribution < 1.29 is 14.7 Å². The van der Waals surface area contributed by atoms with E-state index < -0.39 is 11.4 Å². The third kappa shape index (κ3) is 2.69. The summed E-state index contributed by atoms with van der Waals surface area (Å²) in [4.78, 5) is 25.2. The minimum atomic E-state index is -0.778. The minimum Gasteiger partial charge on any atom is -0.481 e. The predicted molar refractivity (Wildman–Crippen MR) is 71.9 cm³/mol. The Labute approximate surface area is 114 Å². The van der Waals surface area contributed by atoms with Crippen molar-refractivity contribution in [3.8, 4) is 0 Å². The highest BCUT2D eigenvalue weighted by Gasteiger charge is 2.45. The zero-order valence-electron chi connectivity index (χ0n) is 11.8. The molecule has 2 aliphatic rings. The first-order valence-electron chi connectivity index (χ1n) is 7.27. The van der Waals surface area contributed by atoms with Gasteiger partial charge in [-0.3, -0.25) is 4.79 Å². The zero-order chi connectivity index (χ0) is 14.0. The van der Waals surface area contributed by atoms with Crippen LogP contribution in [0.15, 0.2) is 0 Å². The Morgan fingerprint density at radius 1 is 1.42 bits per heavy atom. The summed E-state index contributed by atoms with van der Waals surface area (Å²) in [5.74, 6) is -0.249. The van der Waals surface area contributed by atoms with Gasteiger partial charge in [0.25, 0.3) is 0 Å².